The highest BCUT2D eigenvalue weighted by Gasteiger charge is 2.20. The first-order valence-electron chi connectivity index (χ1n) is 9.96. The van der Waals surface area contributed by atoms with Gasteiger partial charge in [0.05, 0.1) is 22.5 Å². The Labute approximate surface area is 180 Å². The highest BCUT2D eigenvalue weighted by Crippen LogP contribution is 2.32. The molecule has 1 N–H and O–H groups in total. The summed E-state index contributed by atoms with van der Waals surface area (Å²) in [5, 5.41) is 10.5. The minimum absolute atomic E-state index is 0.0936. The van der Waals surface area contributed by atoms with Gasteiger partial charge in [0, 0.05) is 9.75 Å². The minimum atomic E-state index is -0.139. The number of phenols is 1. The lowest BCUT2D eigenvalue weighted by Gasteiger charge is -2.17. The molecule has 0 bridgehead atoms. The molecule has 2 aromatic heterocycles. The van der Waals surface area contributed by atoms with E-state index in [2.05, 4.69) is 13.8 Å². The second kappa shape index (κ2) is 7.92. The molecule has 4 rings (SSSR count). The maximum absolute atomic E-state index is 13.8. The first-order chi connectivity index (χ1) is 14.4. The van der Waals surface area contributed by atoms with Crippen molar-refractivity contribution in [1.29, 1.82) is 0 Å². The Bertz CT molecular complexity index is 1270. The molecular formula is C25H24N2O2S. The molecule has 0 atom stereocenters. The van der Waals surface area contributed by atoms with Gasteiger partial charge in [0.25, 0.3) is 5.56 Å². The Kier molecular flexibility index (Phi) is 5.31. The topological polar surface area (TPSA) is 55.1 Å². The van der Waals surface area contributed by atoms with Crippen molar-refractivity contribution >= 4 is 11.3 Å². The maximum Gasteiger partial charge on any atom is 0.267 e. The predicted molar refractivity (Wildman–Crippen MR) is 124 cm³/mol. The molecule has 0 amide bonds. The second-order valence-electron chi connectivity index (χ2n) is 7.71. The lowest BCUT2D eigenvalue weighted by Crippen LogP contribution is -2.24. The van der Waals surface area contributed by atoms with Crippen LogP contribution in [0.5, 0.6) is 5.75 Å². The molecule has 0 aliphatic rings. The van der Waals surface area contributed by atoms with E-state index in [9.17, 15) is 9.90 Å². The molecule has 0 saturated carbocycles. The Balaban J connectivity index is 2.04. The molecule has 4 aromatic rings. The van der Waals surface area contributed by atoms with Crippen LogP contribution in [0.25, 0.3) is 27.5 Å². The fraction of sp³-hybridized carbons (Fsp3) is 0.200. The number of hydrogen-bond acceptors (Lipinski definition) is 4. The van der Waals surface area contributed by atoms with Gasteiger partial charge in [-0.05, 0) is 61.7 Å². The molecule has 0 spiro atoms. The smallest absolute Gasteiger partial charge is 0.267 e. The number of rotatable bonds is 4. The fourth-order valence-electron chi connectivity index (χ4n) is 3.57. The largest absolute Gasteiger partial charge is 0.507 e. The molecular weight excluding hydrogens is 392 g/mol. The molecule has 0 radical (unpaired) electrons. The fourth-order valence-corrected chi connectivity index (χ4v) is 4.53. The van der Waals surface area contributed by atoms with Crippen LogP contribution in [-0.4, -0.2) is 14.7 Å². The van der Waals surface area contributed by atoms with E-state index >= 15 is 0 Å². The summed E-state index contributed by atoms with van der Waals surface area (Å²) in [6.45, 7) is 8.15. The van der Waals surface area contributed by atoms with Crippen LogP contribution in [0.1, 0.15) is 35.9 Å². The summed E-state index contributed by atoms with van der Waals surface area (Å²) >= 11 is 1.58. The van der Waals surface area contributed by atoms with Gasteiger partial charge in [-0.3, -0.25) is 9.36 Å². The van der Waals surface area contributed by atoms with Crippen molar-refractivity contribution in [3.8, 4) is 33.3 Å². The summed E-state index contributed by atoms with van der Waals surface area (Å²) < 4.78 is 1.61. The zero-order chi connectivity index (χ0) is 21.4. The first-order valence-corrected chi connectivity index (χ1v) is 10.8. The van der Waals surface area contributed by atoms with Crippen molar-refractivity contribution < 1.29 is 5.11 Å². The molecule has 5 heteroatoms. The molecule has 2 heterocycles. The Morgan fingerprint density at radius 1 is 0.967 bits per heavy atom. The number of hydrogen-bond donors (Lipinski definition) is 1. The molecule has 2 aromatic carbocycles. The lowest BCUT2D eigenvalue weighted by molar-refractivity contribution is 0.476. The van der Waals surface area contributed by atoms with Crippen molar-refractivity contribution in [3.63, 3.8) is 0 Å². The molecule has 0 aliphatic carbocycles. The SMILES string of the molecule is Cc1ccc(-c2c(C)nc(-c3ccccc3O)n(-c3ccc(C(C)C)cc3)c2=O)s1. The third-order valence-electron chi connectivity index (χ3n) is 5.21. The average molecular weight is 417 g/mol. The normalized spacial score (nSPS) is 11.2. The number of thiophene rings is 1. The number of phenolic OH excluding ortho intramolecular Hbond substituents is 1. The number of aromatic nitrogens is 2. The van der Waals surface area contributed by atoms with Gasteiger partial charge in [0.2, 0.25) is 0 Å². The molecule has 0 fully saturated rings. The standard InChI is InChI=1S/C25H24N2O2S/c1-15(2)18-10-12-19(13-11-18)27-24(20-7-5-6-8-21(20)28)26-17(4)23(25(27)29)22-14-9-16(3)30-22/h5-15,28H,1-4H3. The van der Waals surface area contributed by atoms with Crippen molar-refractivity contribution in [2.45, 2.75) is 33.6 Å². The van der Waals surface area contributed by atoms with E-state index in [0.29, 0.717) is 28.6 Å². The molecule has 4 nitrogen and oxygen atoms in total. The van der Waals surface area contributed by atoms with Crippen LogP contribution in [-0.2, 0) is 0 Å². The third-order valence-corrected chi connectivity index (χ3v) is 6.23. The van der Waals surface area contributed by atoms with Gasteiger partial charge in [-0.15, -0.1) is 11.3 Å². The first kappa shape index (κ1) is 20.1. The number of aryl methyl sites for hydroxylation is 2. The summed E-state index contributed by atoms with van der Waals surface area (Å²) in [6, 6.07) is 18.9. The molecule has 0 saturated heterocycles. The van der Waals surface area contributed by atoms with Crippen molar-refractivity contribution in [3.05, 3.63) is 87.2 Å². The van der Waals surface area contributed by atoms with E-state index in [0.717, 1.165) is 15.4 Å². The summed E-state index contributed by atoms with van der Waals surface area (Å²) in [6.07, 6.45) is 0. The van der Waals surface area contributed by atoms with E-state index < -0.39 is 0 Å². The van der Waals surface area contributed by atoms with Crippen LogP contribution < -0.4 is 5.56 Å². The van der Waals surface area contributed by atoms with Crippen LogP contribution in [0, 0.1) is 13.8 Å². The van der Waals surface area contributed by atoms with Gasteiger partial charge in [0.15, 0.2) is 5.82 Å². The van der Waals surface area contributed by atoms with Crippen LogP contribution >= 0.6 is 11.3 Å². The zero-order valence-electron chi connectivity index (χ0n) is 17.5. The quantitative estimate of drug-likeness (QED) is 0.439. The summed E-state index contributed by atoms with van der Waals surface area (Å²) in [4.78, 5) is 20.6. The van der Waals surface area contributed by atoms with E-state index in [1.54, 1.807) is 34.1 Å². The van der Waals surface area contributed by atoms with Gasteiger partial charge in [-0.25, -0.2) is 4.98 Å². The monoisotopic (exact) mass is 416 g/mol. The van der Waals surface area contributed by atoms with Crippen LogP contribution in [0.2, 0.25) is 0 Å². The Morgan fingerprint density at radius 3 is 2.27 bits per heavy atom. The van der Waals surface area contributed by atoms with Crippen molar-refractivity contribution in [2.24, 2.45) is 0 Å². The van der Waals surface area contributed by atoms with E-state index in [-0.39, 0.29) is 11.3 Å². The van der Waals surface area contributed by atoms with E-state index in [4.69, 9.17) is 4.98 Å². The Hall–Kier alpha value is -3.18. The zero-order valence-corrected chi connectivity index (χ0v) is 18.3. The highest BCUT2D eigenvalue weighted by molar-refractivity contribution is 7.15. The number of aromatic hydroxyl groups is 1. The highest BCUT2D eigenvalue weighted by atomic mass is 32.1. The minimum Gasteiger partial charge on any atom is -0.507 e. The van der Waals surface area contributed by atoms with Crippen molar-refractivity contribution in [2.75, 3.05) is 0 Å². The molecule has 152 valence electrons. The molecule has 0 aliphatic heterocycles. The third kappa shape index (κ3) is 3.57. The lowest BCUT2D eigenvalue weighted by atomic mass is 10.0. The second-order valence-corrected chi connectivity index (χ2v) is 9.00. The van der Waals surface area contributed by atoms with Crippen molar-refractivity contribution in [1.82, 2.24) is 9.55 Å². The van der Waals surface area contributed by atoms with Gasteiger partial charge in [-0.1, -0.05) is 38.1 Å². The average Bonchev–Trinajstić information content (AvgIpc) is 3.14. The maximum atomic E-state index is 13.8. The molecule has 0 unspecified atom stereocenters. The van der Waals surface area contributed by atoms with Gasteiger partial charge in [0.1, 0.15) is 5.75 Å². The van der Waals surface area contributed by atoms with Gasteiger partial charge < -0.3 is 5.11 Å². The predicted octanol–water partition coefficient (Wildman–Crippen LogP) is 6.07. The Morgan fingerprint density at radius 2 is 1.67 bits per heavy atom. The van der Waals surface area contributed by atoms with Crippen LogP contribution in [0.15, 0.2) is 65.5 Å². The van der Waals surface area contributed by atoms with Crippen LogP contribution in [0.3, 0.4) is 0 Å². The van der Waals surface area contributed by atoms with Crippen LogP contribution in [0.4, 0.5) is 0 Å². The molecule has 30 heavy (non-hydrogen) atoms. The van der Waals surface area contributed by atoms with E-state index in [1.165, 1.54) is 5.56 Å². The summed E-state index contributed by atoms with van der Waals surface area (Å²) in [5.41, 5.74) is 3.56. The van der Waals surface area contributed by atoms with Gasteiger partial charge >= 0.3 is 0 Å². The van der Waals surface area contributed by atoms with Gasteiger partial charge in [-0.2, -0.15) is 0 Å². The number of nitrogens with zero attached hydrogens (tertiary/aromatic N) is 2. The number of para-hydroxylation sites is 1. The summed E-state index contributed by atoms with van der Waals surface area (Å²) in [5.74, 6) is 0.926. The number of benzene rings is 2. The summed E-state index contributed by atoms with van der Waals surface area (Å²) in [7, 11) is 0. The van der Waals surface area contributed by atoms with E-state index in [1.807, 2.05) is 56.3 Å².